The fourth-order valence-electron chi connectivity index (χ4n) is 3.86. The zero-order chi connectivity index (χ0) is 17.6. The van der Waals surface area contributed by atoms with Crippen LogP contribution >= 0.6 is 37.2 Å². The fourth-order valence-corrected chi connectivity index (χ4v) is 3.86. The Balaban J connectivity index is 0.00000243. The van der Waals surface area contributed by atoms with Crippen molar-refractivity contribution in [3.8, 4) is 5.75 Å². The van der Waals surface area contributed by atoms with E-state index in [0.717, 1.165) is 45.3 Å². The van der Waals surface area contributed by atoms with Gasteiger partial charge in [0.1, 0.15) is 5.75 Å². The highest BCUT2D eigenvalue weighted by Gasteiger charge is 2.27. The lowest BCUT2D eigenvalue weighted by Gasteiger charge is -2.42. The van der Waals surface area contributed by atoms with Crippen LogP contribution in [0.1, 0.15) is 31.4 Å². The van der Waals surface area contributed by atoms with Crippen LogP contribution in [0.4, 0.5) is 0 Å². The van der Waals surface area contributed by atoms with Crippen molar-refractivity contribution in [2.75, 3.05) is 45.9 Å². The number of piperazine rings is 1. The van der Waals surface area contributed by atoms with Gasteiger partial charge in [-0.15, -0.1) is 37.2 Å². The lowest BCUT2D eigenvalue weighted by atomic mass is 10.0. The molecule has 1 aromatic carbocycles. The van der Waals surface area contributed by atoms with Gasteiger partial charge < -0.3 is 15.2 Å². The average Bonchev–Trinajstić information content (AvgIpc) is 2.67. The third-order valence-electron chi connectivity index (χ3n) is 5.45. The number of hydrogen-bond acceptors (Lipinski definition) is 5. The number of carboxylic acid groups (broad SMARTS) is 1. The summed E-state index contributed by atoms with van der Waals surface area (Å²) in [5.41, 5.74) is 1.25. The van der Waals surface area contributed by atoms with Crippen molar-refractivity contribution in [1.82, 2.24) is 15.1 Å². The SMILES string of the molecule is CC(c1ccc(OCC(=O)O)cc1)N1CCN(C2CCNCC2)CC1.Cl.Cl.Cl. The van der Waals surface area contributed by atoms with E-state index in [1.54, 1.807) is 0 Å². The first kappa shape index (κ1) is 27.2. The number of ether oxygens (including phenoxy) is 1. The second-order valence-corrected chi connectivity index (χ2v) is 6.98. The standard InChI is InChI=1S/C19H29N3O3.3ClH/c1-15(16-2-4-18(5-3-16)25-14-19(23)24)21-10-12-22(13-11-21)17-6-8-20-9-7-17;;;/h2-5,15,17,20H,6-14H2,1H3,(H,23,24);3*1H. The van der Waals surface area contributed by atoms with Gasteiger partial charge in [0.25, 0.3) is 0 Å². The molecule has 2 aliphatic heterocycles. The summed E-state index contributed by atoms with van der Waals surface area (Å²) in [5, 5.41) is 12.1. The minimum Gasteiger partial charge on any atom is -0.482 e. The lowest BCUT2D eigenvalue weighted by Crippen LogP contribution is -2.53. The predicted octanol–water partition coefficient (Wildman–Crippen LogP) is 2.85. The molecule has 2 N–H and O–H groups in total. The van der Waals surface area contributed by atoms with Crippen LogP contribution in [-0.2, 0) is 4.79 Å². The van der Waals surface area contributed by atoms with E-state index in [4.69, 9.17) is 9.84 Å². The van der Waals surface area contributed by atoms with Gasteiger partial charge in [-0.3, -0.25) is 9.80 Å². The first-order valence-electron chi connectivity index (χ1n) is 9.27. The van der Waals surface area contributed by atoms with E-state index < -0.39 is 5.97 Å². The van der Waals surface area contributed by atoms with E-state index in [0.29, 0.717) is 11.8 Å². The second-order valence-electron chi connectivity index (χ2n) is 6.98. The molecule has 2 heterocycles. The van der Waals surface area contributed by atoms with Gasteiger partial charge in [0.2, 0.25) is 0 Å². The zero-order valence-corrected chi connectivity index (χ0v) is 18.7. The van der Waals surface area contributed by atoms with Crippen LogP contribution in [0.3, 0.4) is 0 Å². The smallest absolute Gasteiger partial charge is 0.341 e. The molecule has 2 saturated heterocycles. The van der Waals surface area contributed by atoms with Gasteiger partial charge in [-0.05, 0) is 50.6 Å². The van der Waals surface area contributed by atoms with Gasteiger partial charge in [-0.2, -0.15) is 0 Å². The van der Waals surface area contributed by atoms with Crippen LogP contribution in [0, 0.1) is 0 Å². The van der Waals surface area contributed by atoms with Gasteiger partial charge >= 0.3 is 5.97 Å². The molecule has 0 amide bonds. The Morgan fingerprint density at radius 3 is 2.21 bits per heavy atom. The number of rotatable bonds is 6. The molecule has 0 radical (unpaired) electrons. The number of carbonyl (C=O) groups is 1. The molecule has 9 heteroatoms. The molecule has 0 aromatic heterocycles. The molecule has 2 fully saturated rings. The van der Waals surface area contributed by atoms with Crippen molar-refractivity contribution < 1.29 is 14.6 Å². The Hall–Kier alpha value is -0.760. The predicted molar refractivity (Wildman–Crippen MR) is 119 cm³/mol. The van der Waals surface area contributed by atoms with Crippen LogP contribution in [0.5, 0.6) is 5.75 Å². The molecular weight excluding hydrogens is 425 g/mol. The van der Waals surface area contributed by atoms with Gasteiger partial charge in [-0.25, -0.2) is 4.79 Å². The van der Waals surface area contributed by atoms with E-state index in [-0.39, 0.29) is 43.8 Å². The van der Waals surface area contributed by atoms with Gasteiger partial charge in [0.05, 0.1) is 0 Å². The summed E-state index contributed by atoms with van der Waals surface area (Å²) in [5.74, 6) is -0.349. The van der Waals surface area contributed by atoms with Crippen molar-refractivity contribution in [3.63, 3.8) is 0 Å². The van der Waals surface area contributed by atoms with Crippen molar-refractivity contribution in [2.24, 2.45) is 0 Å². The largest absolute Gasteiger partial charge is 0.482 e. The van der Waals surface area contributed by atoms with Crippen molar-refractivity contribution in [1.29, 1.82) is 0 Å². The summed E-state index contributed by atoms with van der Waals surface area (Å²) in [4.78, 5) is 15.7. The molecule has 1 aromatic rings. The molecular formula is C19H32Cl3N3O3. The maximum atomic E-state index is 10.6. The number of aliphatic carboxylic acids is 1. The number of halogens is 3. The van der Waals surface area contributed by atoms with E-state index in [9.17, 15) is 4.79 Å². The maximum Gasteiger partial charge on any atom is 0.341 e. The number of hydrogen-bond donors (Lipinski definition) is 2. The Kier molecular flexibility index (Phi) is 13.1. The number of benzene rings is 1. The lowest BCUT2D eigenvalue weighted by molar-refractivity contribution is -0.139. The van der Waals surface area contributed by atoms with Crippen LogP contribution in [0.2, 0.25) is 0 Å². The molecule has 28 heavy (non-hydrogen) atoms. The highest BCUT2D eigenvalue weighted by atomic mass is 35.5. The molecule has 2 aliphatic rings. The van der Waals surface area contributed by atoms with Gasteiger partial charge in [0.15, 0.2) is 6.61 Å². The third-order valence-corrected chi connectivity index (χ3v) is 5.45. The van der Waals surface area contributed by atoms with Crippen LogP contribution < -0.4 is 10.1 Å². The first-order chi connectivity index (χ1) is 12.1. The summed E-state index contributed by atoms with van der Waals surface area (Å²) < 4.78 is 5.20. The monoisotopic (exact) mass is 455 g/mol. The summed E-state index contributed by atoms with van der Waals surface area (Å²) in [6, 6.07) is 8.93. The number of nitrogens with one attached hydrogen (secondary N) is 1. The quantitative estimate of drug-likeness (QED) is 0.686. The van der Waals surface area contributed by atoms with E-state index in [2.05, 4.69) is 22.0 Å². The summed E-state index contributed by atoms with van der Waals surface area (Å²) in [7, 11) is 0. The number of nitrogens with zero attached hydrogens (tertiary/aromatic N) is 2. The zero-order valence-electron chi connectivity index (χ0n) is 16.2. The van der Waals surface area contributed by atoms with Crippen LogP contribution in [-0.4, -0.2) is 72.8 Å². The Morgan fingerprint density at radius 1 is 1.11 bits per heavy atom. The maximum absolute atomic E-state index is 10.6. The summed E-state index contributed by atoms with van der Waals surface area (Å²) in [6.07, 6.45) is 2.54. The number of carboxylic acids is 1. The van der Waals surface area contributed by atoms with Gasteiger partial charge in [-0.1, -0.05) is 12.1 Å². The molecule has 1 unspecified atom stereocenters. The highest BCUT2D eigenvalue weighted by molar-refractivity contribution is 5.86. The molecule has 0 spiro atoms. The Labute approximate surface area is 186 Å². The Morgan fingerprint density at radius 2 is 1.68 bits per heavy atom. The van der Waals surface area contributed by atoms with Crippen molar-refractivity contribution >= 4 is 43.2 Å². The van der Waals surface area contributed by atoms with Crippen molar-refractivity contribution in [3.05, 3.63) is 29.8 Å². The molecule has 162 valence electrons. The highest BCUT2D eigenvalue weighted by Crippen LogP contribution is 2.25. The average molecular weight is 457 g/mol. The minimum absolute atomic E-state index is 0. The normalized spacial score (nSPS) is 19.5. The molecule has 3 rings (SSSR count). The topological polar surface area (TPSA) is 65.0 Å². The minimum atomic E-state index is -0.955. The molecule has 0 bridgehead atoms. The van der Waals surface area contributed by atoms with E-state index in [1.165, 1.54) is 18.4 Å². The third kappa shape index (κ3) is 7.58. The van der Waals surface area contributed by atoms with Crippen molar-refractivity contribution in [2.45, 2.75) is 31.8 Å². The Bertz CT molecular complexity index is 563. The number of piperidine rings is 1. The molecule has 0 aliphatic carbocycles. The second kappa shape index (κ2) is 13.5. The molecule has 6 nitrogen and oxygen atoms in total. The van der Waals surface area contributed by atoms with E-state index in [1.807, 2.05) is 24.3 Å². The summed E-state index contributed by atoms with van der Waals surface area (Å²) >= 11 is 0. The van der Waals surface area contributed by atoms with Gasteiger partial charge in [0, 0.05) is 38.3 Å². The summed E-state index contributed by atoms with van der Waals surface area (Å²) in [6.45, 7) is 8.74. The first-order valence-corrected chi connectivity index (χ1v) is 9.27. The van der Waals surface area contributed by atoms with E-state index >= 15 is 0 Å². The molecule has 1 atom stereocenters. The van der Waals surface area contributed by atoms with Crippen LogP contribution in [0.15, 0.2) is 24.3 Å². The van der Waals surface area contributed by atoms with Crippen LogP contribution in [0.25, 0.3) is 0 Å². The fraction of sp³-hybridized carbons (Fsp3) is 0.632. The molecule has 0 saturated carbocycles.